The lowest BCUT2D eigenvalue weighted by atomic mass is 9.78. The Kier molecular flexibility index (Phi) is 3.28. The molecule has 1 heterocycles. The molecule has 0 bridgehead atoms. The Morgan fingerprint density at radius 2 is 2.00 bits per heavy atom. The van der Waals surface area contributed by atoms with E-state index in [0.717, 1.165) is 5.56 Å². The molecule has 0 saturated heterocycles. The molecular formula is C15H14F3NO2. The molecule has 0 unspecified atom stereocenters. The van der Waals surface area contributed by atoms with E-state index >= 15 is 0 Å². The molecule has 1 saturated carbocycles. The van der Waals surface area contributed by atoms with E-state index < -0.39 is 17.9 Å². The van der Waals surface area contributed by atoms with E-state index in [1.807, 2.05) is 30.3 Å². The second kappa shape index (κ2) is 4.87. The van der Waals surface area contributed by atoms with Crippen molar-refractivity contribution >= 4 is 11.8 Å². The first-order chi connectivity index (χ1) is 9.92. The molecule has 3 rings (SSSR count). The van der Waals surface area contributed by atoms with Crippen molar-refractivity contribution in [1.82, 2.24) is 0 Å². The van der Waals surface area contributed by atoms with Crippen molar-refractivity contribution in [3.8, 4) is 0 Å². The minimum absolute atomic E-state index is 0.209. The highest BCUT2D eigenvalue weighted by atomic mass is 19.4. The molecule has 1 aromatic carbocycles. The largest absolute Gasteiger partial charge is 0.458 e. The van der Waals surface area contributed by atoms with Crippen LogP contribution >= 0.6 is 0 Å². The van der Waals surface area contributed by atoms with Gasteiger partial charge in [0.15, 0.2) is 0 Å². The van der Waals surface area contributed by atoms with Gasteiger partial charge >= 0.3 is 12.0 Å². The lowest BCUT2D eigenvalue weighted by Crippen LogP contribution is -2.52. The van der Waals surface area contributed by atoms with Crippen LogP contribution < -0.4 is 0 Å². The summed E-state index contributed by atoms with van der Waals surface area (Å²) in [5.74, 6) is -4.35. The second-order valence-electron chi connectivity index (χ2n) is 5.29. The number of hydrogen-bond donors (Lipinski definition) is 1. The molecule has 0 spiro atoms. The van der Waals surface area contributed by atoms with Gasteiger partial charge < -0.3 is 9.94 Å². The van der Waals surface area contributed by atoms with Crippen LogP contribution in [0, 0.1) is 5.92 Å². The van der Waals surface area contributed by atoms with Crippen molar-refractivity contribution in [3.63, 3.8) is 0 Å². The lowest BCUT2D eigenvalue weighted by molar-refractivity contribution is -0.370. The van der Waals surface area contributed by atoms with Crippen LogP contribution in [-0.2, 0) is 4.84 Å². The molecule has 21 heavy (non-hydrogen) atoms. The summed E-state index contributed by atoms with van der Waals surface area (Å²) in [5, 5.41) is 13.4. The van der Waals surface area contributed by atoms with E-state index in [0.29, 0.717) is 18.4 Å². The molecule has 1 aliphatic heterocycles. The fourth-order valence-corrected chi connectivity index (χ4v) is 2.82. The average molecular weight is 297 g/mol. The van der Waals surface area contributed by atoms with Gasteiger partial charge in [-0.2, -0.15) is 13.2 Å². The highest BCUT2D eigenvalue weighted by Crippen LogP contribution is 2.47. The van der Waals surface area contributed by atoms with E-state index in [-0.39, 0.29) is 12.1 Å². The summed E-state index contributed by atoms with van der Waals surface area (Å²) in [6.45, 7) is 0. The van der Waals surface area contributed by atoms with Gasteiger partial charge in [-0.15, -0.1) is 0 Å². The van der Waals surface area contributed by atoms with E-state index in [2.05, 4.69) is 9.99 Å². The number of nitrogens with zero attached hydrogens (tertiary/aromatic N) is 1. The first-order valence-corrected chi connectivity index (χ1v) is 6.73. The number of fused-ring (bicyclic) bond motifs is 1. The van der Waals surface area contributed by atoms with Crippen molar-refractivity contribution < 1.29 is 23.1 Å². The fraction of sp³-hybridized carbons (Fsp3) is 0.400. The number of halogens is 3. The summed E-state index contributed by atoms with van der Waals surface area (Å²) in [7, 11) is 0. The van der Waals surface area contributed by atoms with E-state index in [9.17, 15) is 18.3 Å². The van der Waals surface area contributed by atoms with Crippen LogP contribution in [0.25, 0.3) is 6.08 Å². The third-order valence-corrected chi connectivity index (χ3v) is 3.90. The first-order valence-electron chi connectivity index (χ1n) is 6.73. The van der Waals surface area contributed by atoms with Crippen LogP contribution in [-0.4, -0.2) is 22.8 Å². The minimum Gasteiger partial charge on any atom is -0.349 e. The standard InChI is InChI=1S/C15H14F3NO2/c16-15(17,18)14(20)12-8-4-7-11(13(12)19-21-14)9-10-5-2-1-3-6-10/h1-3,5-6,9,12,20H,4,7-8H2/b11-9-/t12-,14-/m0/s1. The molecular weight excluding hydrogens is 283 g/mol. The normalized spacial score (nSPS) is 30.8. The van der Waals surface area contributed by atoms with Crippen molar-refractivity contribution in [2.24, 2.45) is 11.1 Å². The molecule has 112 valence electrons. The van der Waals surface area contributed by atoms with Gasteiger partial charge in [0.25, 0.3) is 0 Å². The van der Waals surface area contributed by atoms with Crippen LogP contribution in [0.2, 0.25) is 0 Å². The maximum absolute atomic E-state index is 13.0. The van der Waals surface area contributed by atoms with Gasteiger partial charge in [0.05, 0.1) is 11.6 Å². The maximum atomic E-state index is 13.0. The minimum atomic E-state index is -4.86. The highest BCUT2D eigenvalue weighted by molar-refractivity contribution is 6.06. The highest BCUT2D eigenvalue weighted by Gasteiger charge is 2.66. The van der Waals surface area contributed by atoms with Crippen LogP contribution in [0.15, 0.2) is 41.1 Å². The van der Waals surface area contributed by atoms with Gasteiger partial charge in [0, 0.05) is 0 Å². The Bertz CT molecular complexity index is 595. The van der Waals surface area contributed by atoms with Crippen molar-refractivity contribution in [2.75, 3.05) is 0 Å². The molecule has 0 aromatic heterocycles. The number of hydrogen-bond acceptors (Lipinski definition) is 3. The molecule has 0 radical (unpaired) electrons. The van der Waals surface area contributed by atoms with Crippen LogP contribution in [0.3, 0.4) is 0 Å². The van der Waals surface area contributed by atoms with Gasteiger partial charge in [-0.1, -0.05) is 35.5 Å². The number of alkyl halides is 3. The molecule has 1 aliphatic carbocycles. The van der Waals surface area contributed by atoms with Crippen LogP contribution in [0.5, 0.6) is 0 Å². The zero-order chi connectivity index (χ0) is 15.1. The summed E-state index contributed by atoms with van der Waals surface area (Å²) < 4.78 is 39.0. The summed E-state index contributed by atoms with van der Waals surface area (Å²) in [6.07, 6.45) is -1.67. The van der Waals surface area contributed by atoms with Gasteiger partial charge in [0.1, 0.15) is 0 Å². The zero-order valence-electron chi connectivity index (χ0n) is 11.1. The smallest absolute Gasteiger partial charge is 0.349 e. The molecule has 3 nitrogen and oxygen atoms in total. The quantitative estimate of drug-likeness (QED) is 0.862. The SMILES string of the molecule is O[C@]1(C(F)(F)F)ON=C2/C(=C\c3ccccc3)CCC[C@@H]21. The average Bonchev–Trinajstić information content (AvgIpc) is 2.80. The number of rotatable bonds is 1. The van der Waals surface area contributed by atoms with Crippen molar-refractivity contribution in [3.05, 3.63) is 41.5 Å². The topological polar surface area (TPSA) is 41.8 Å². The van der Waals surface area contributed by atoms with E-state index in [1.54, 1.807) is 6.08 Å². The summed E-state index contributed by atoms with van der Waals surface area (Å²) in [4.78, 5) is 4.40. The second-order valence-corrected chi connectivity index (χ2v) is 5.29. The number of oxime groups is 1. The van der Waals surface area contributed by atoms with E-state index in [4.69, 9.17) is 0 Å². The summed E-state index contributed by atoms with van der Waals surface area (Å²) in [6, 6.07) is 9.30. The van der Waals surface area contributed by atoms with Crippen LogP contribution in [0.1, 0.15) is 24.8 Å². The third kappa shape index (κ3) is 2.33. The maximum Gasteiger partial charge on any atom is 0.458 e. The lowest BCUT2D eigenvalue weighted by Gasteiger charge is -2.32. The van der Waals surface area contributed by atoms with Gasteiger partial charge in [0.2, 0.25) is 0 Å². The molecule has 0 amide bonds. The van der Waals surface area contributed by atoms with Crippen LogP contribution in [0.4, 0.5) is 13.2 Å². The molecule has 1 aromatic rings. The summed E-state index contributed by atoms with van der Waals surface area (Å²) >= 11 is 0. The first kappa shape index (κ1) is 14.1. The number of aliphatic hydroxyl groups is 1. The fourth-order valence-electron chi connectivity index (χ4n) is 2.82. The molecule has 2 aliphatic rings. The Morgan fingerprint density at radius 3 is 2.67 bits per heavy atom. The number of benzene rings is 1. The predicted octanol–water partition coefficient (Wildman–Crippen LogP) is 3.51. The Morgan fingerprint density at radius 1 is 1.29 bits per heavy atom. The van der Waals surface area contributed by atoms with Gasteiger partial charge in [-0.05, 0) is 36.5 Å². The molecule has 2 atom stereocenters. The predicted molar refractivity (Wildman–Crippen MR) is 71.3 cm³/mol. The summed E-state index contributed by atoms with van der Waals surface area (Å²) in [5.41, 5.74) is 1.79. The van der Waals surface area contributed by atoms with E-state index in [1.165, 1.54) is 0 Å². The zero-order valence-corrected chi connectivity index (χ0v) is 11.1. The Balaban J connectivity index is 1.93. The molecule has 1 N–H and O–H groups in total. The number of allylic oxidation sites excluding steroid dienone is 1. The van der Waals surface area contributed by atoms with Gasteiger partial charge in [-0.25, -0.2) is 0 Å². The monoisotopic (exact) mass is 297 g/mol. The van der Waals surface area contributed by atoms with Gasteiger partial charge in [-0.3, -0.25) is 0 Å². The van der Waals surface area contributed by atoms with Crippen molar-refractivity contribution in [1.29, 1.82) is 0 Å². The Hall–Kier alpha value is -1.82. The van der Waals surface area contributed by atoms with Crippen molar-refractivity contribution in [2.45, 2.75) is 31.2 Å². The molecule has 1 fully saturated rings. The Labute approximate surface area is 119 Å². The third-order valence-electron chi connectivity index (χ3n) is 3.90. The molecule has 6 heteroatoms.